The fourth-order valence-corrected chi connectivity index (χ4v) is 4.32. The second kappa shape index (κ2) is 7.75. The summed E-state index contributed by atoms with van der Waals surface area (Å²) in [6.07, 6.45) is 2.99. The van der Waals surface area contributed by atoms with Crippen molar-refractivity contribution in [1.82, 2.24) is 4.90 Å². The largest absolute Gasteiger partial charge is 0.497 e. The number of rotatable bonds is 6. The number of nitrogens with zero attached hydrogens (tertiary/aromatic N) is 1. The summed E-state index contributed by atoms with van der Waals surface area (Å²) < 4.78 is 11.4. The number of piperidine rings is 1. The van der Waals surface area contributed by atoms with Crippen molar-refractivity contribution in [2.45, 2.75) is 25.8 Å². The van der Waals surface area contributed by atoms with Gasteiger partial charge in [0.2, 0.25) is 0 Å². The summed E-state index contributed by atoms with van der Waals surface area (Å²) in [5.41, 5.74) is 2.04. The zero-order chi connectivity index (χ0) is 18.7. The molecule has 1 fully saturated rings. The van der Waals surface area contributed by atoms with Crippen LogP contribution in [0.25, 0.3) is 11.0 Å². The minimum Gasteiger partial charge on any atom is -0.497 e. The number of ether oxygens (including phenoxy) is 1. The van der Waals surface area contributed by atoms with E-state index < -0.39 is 0 Å². The molecule has 0 unspecified atom stereocenters. The van der Waals surface area contributed by atoms with Crippen LogP contribution in [0, 0.1) is 5.41 Å². The Kier molecular flexibility index (Phi) is 5.19. The molecule has 0 radical (unpaired) electrons. The summed E-state index contributed by atoms with van der Waals surface area (Å²) in [7, 11) is 1.69. The lowest BCUT2D eigenvalue weighted by molar-refractivity contribution is 0.0263. The highest BCUT2D eigenvalue weighted by Gasteiger charge is 2.35. The molecule has 1 aliphatic rings. The molecule has 2 heterocycles. The van der Waals surface area contributed by atoms with E-state index >= 15 is 0 Å². The number of furan rings is 1. The number of aliphatic hydroxyl groups is 1. The van der Waals surface area contributed by atoms with Crippen molar-refractivity contribution in [3.63, 3.8) is 0 Å². The maximum Gasteiger partial charge on any atom is 0.134 e. The van der Waals surface area contributed by atoms with Gasteiger partial charge in [-0.25, -0.2) is 0 Å². The SMILES string of the molecule is COc1cccc(C[C@]2(CO)CCCN(Cc3cc4ccccc4o3)C2)c1. The van der Waals surface area contributed by atoms with Gasteiger partial charge in [0.05, 0.1) is 20.3 Å². The third kappa shape index (κ3) is 4.02. The van der Waals surface area contributed by atoms with Crippen molar-refractivity contribution in [3.8, 4) is 5.75 Å². The standard InChI is InChI=1S/C23H27NO3/c1-26-20-8-4-6-18(12-20)14-23(17-25)10-5-11-24(16-23)15-21-13-19-7-2-3-9-22(19)27-21/h2-4,6-9,12-13,25H,5,10-11,14-17H2,1H3/t23-/m1/s1. The topological polar surface area (TPSA) is 45.8 Å². The van der Waals surface area contributed by atoms with Gasteiger partial charge in [0.1, 0.15) is 17.1 Å². The van der Waals surface area contributed by atoms with Crippen molar-refractivity contribution >= 4 is 11.0 Å². The van der Waals surface area contributed by atoms with Crippen LogP contribution in [0.15, 0.2) is 59.0 Å². The van der Waals surface area contributed by atoms with Crippen LogP contribution in [0.3, 0.4) is 0 Å². The Morgan fingerprint density at radius 2 is 2.04 bits per heavy atom. The van der Waals surface area contributed by atoms with Crippen LogP contribution in [0.5, 0.6) is 5.75 Å². The highest BCUT2D eigenvalue weighted by molar-refractivity contribution is 5.77. The molecule has 4 heteroatoms. The summed E-state index contributed by atoms with van der Waals surface area (Å²) in [5.74, 6) is 1.86. The predicted octanol–water partition coefficient (Wildman–Crippen LogP) is 4.26. The Morgan fingerprint density at radius 3 is 2.85 bits per heavy atom. The Labute approximate surface area is 160 Å². The van der Waals surface area contributed by atoms with Gasteiger partial charge in [0.25, 0.3) is 0 Å². The zero-order valence-corrected chi connectivity index (χ0v) is 15.9. The summed E-state index contributed by atoms with van der Waals surface area (Å²) in [4.78, 5) is 2.41. The van der Waals surface area contributed by atoms with Crippen molar-refractivity contribution in [2.24, 2.45) is 5.41 Å². The molecule has 0 saturated carbocycles. The molecule has 0 amide bonds. The molecular weight excluding hydrogens is 338 g/mol. The number of hydrogen-bond acceptors (Lipinski definition) is 4. The van der Waals surface area contributed by atoms with Gasteiger partial charge in [0, 0.05) is 17.3 Å². The van der Waals surface area contributed by atoms with E-state index in [1.165, 1.54) is 5.56 Å². The van der Waals surface area contributed by atoms with Gasteiger partial charge in [0.15, 0.2) is 0 Å². The van der Waals surface area contributed by atoms with Crippen molar-refractivity contribution in [2.75, 3.05) is 26.8 Å². The predicted molar refractivity (Wildman–Crippen MR) is 107 cm³/mol. The smallest absolute Gasteiger partial charge is 0.134 e. The van der Waals surface area contributed by atoms with Crippen LogP contribution in [-0.4, -0.2) is 36.8 Å². The Morgan fingerprint density at radius 1 is 1.15 bits per heavy atom. The fourth-order valence-electron chi connectivity index (χ4n) is 4.32. The molecule has 0 bridgehead atoms. The van der Waals surface area contributed by atoms with Gasteiger partial charge in [-0.1, -0.05) is 30.3 Å². The van der Waals surface area contributed by atoms with E-state index in [1.54, 1.807) is 7.11 Å². The molecule has 4 nitrogen and oxygen atoms in total. The lowest BCUT2D eigenvalue weighted by atomic mass is 9.75. The molecule has 0 aliphatic carbocycles. The Hall–Kier alpha value is -2.30. The number of likely N-dealkylation sites (tertiary alicyclic amines) is 1. The molecule has 1 N–H and O–H groups in total. The third-order valence-corrected chi connectivity index (χ3v) is 5.65. The number of hydrogen-bond donors (Lipinski definition) is 1. The van der Waals surface area contributed by atoms with Crippen LogP contribution < -0.4 is 4.74 Å². The summed E-state index contributed by atoms with van der Waals surface area (Å²) in [6, 6.07) is 18.4. The normalized spacial score (nSPS) is 20.8. The number of aliphatic hydroxyl groups excluding tert-OH is 1. The zero-order valence-electron chi connectivity index (χ0n) is 15.9. The highest BCUT2D eigenvalue weighted by Crippen LogP contribution is 2.35. The summed E-state index contributed by atoms with van der Waals surface area (Å²) in [5, 5.41) is 11.4. The van der Waals surface area contributed by atoms with Crippen molar-refractivity contribution in [1.29, 1.82) is 0 Å². The minimum absolute atomic E-state index is 0.114. The molecule has 142 valence electrons. The molecular formula is C23H27NO3. The Balaban J connectivity index is 1.49. The van der Waals surface area contributed by atoms with Crippen LogP contribution in [0.1, 0.15) is 24.2 Å². The van der Waals surface area contributed by atoms with Gasteiger partial charge >= 0.3 is 0 Å². The maximum absolute atomic E-state index is 10.2. The average molecular weight is 365 g/mol. The highest BCUT2D eigenvalue weighted by atomic mass is 16.5. The monoisotopic (exact) mass is 365 g/mol. The van der Waals surface area contributed by atoms with Crippen LogP contribution >= 0.6 is 0 Å². The maximum atomic E-state index is 10.2. The molecule has 1 atom stereocenters. The lowest BCUT2D eigenvalue weighted by Gasteiger charge is -2.41. The van der Waals surface area contributed by atoms with Crippen molar-refractivity contribution < 1.29 is 14.3 Å². The van der Waals surface area contributed by atoms with Gasteiger partial charge < -0.3 is 14.3 Å². The van der Waals surface area contributed by atoms with E-state index in [-0.39, 0.29) is 12.0 Å². The molecule has 2 aromatic carbocycles. The number of para-hydroxylation sites is 1. The number of benzene rings is 2. The van der Waals surface area contributed by atoms with Gasteiger partial charge in [-0.3, -0.25) is 4.90 Å². The van der Waals surface area contributed by atoms with E-state index in [4.69, 9.17) is 9.15 Å². The van der Waals surface area contributed by atoms with Crippen LogP contribution in [-0.2, 0) is 13.0 Å². The molecule has 0 spiro atoms. The molecule has 1 saturated heterocycles. The van der Waals surface area contributed by atoms with Crippen molar-refractivity contribution in [3.05, 3.63) is 65.9 Å². The minimum atomic E-state index is -0.114. The van der Waals surface area contributed by atoms with E-state index in [2.05, 4.69) is 29.2 Å². The van der Waals surface area contributed by atoms with E-state index in [9.17, 15) is 5.11 Å². The van der Waals surface area contributed by atoms with E-state index in [0.29, 0.717) is 0 Å². The molecule has 1 aromatic heterocycles. The van der Waals surface area contributed by atoms with Gasteiger partial charge in [-0.15, -0.1) is 0 Å². The number of fused-ring (bicyclic) bond motifs is 1. The van der Waals surface area contributed by atoms with E-state index in [1.807, 2.05) is 30.3 Å². The first-order valence-corrected chi connectivity index (χ1v) is 9.63. The first kappa shape index (κ1) is 18.1. The van der Waals surface area contributed by atoms with Gasteiger partial charge in [-0.05, 0) is 55.6 Å². The lowest BCUT2D eigenvalue weighted by Crippen LogP contribution is -2.46. The van der Waals surface area contributed by atoms with Gasteiger partial charge in [-0.2, -0.15) is 0 Å². The fraction of sp³-hybridized carbons (Fsp3) is 0.391. The second-order valence-corrected chi connectivity index (χ2v) is 7.75. The second-order valence-electron chi connectivity index (χ2n) is 7.75. The third-order valence-electron chi connectivity index (χ3n) is 5.65. The summed E-state index contributed by atoms with van der Waals surface area (Å²) in [6.45, 7) is 2.89. The molecule has 1 aliphatic heterocycles. The van der Waals surface area contributed by atoms with Crippen LogP contribution in [0.4, 0.5) is 0 Å². The molecule has 27 heavy (non-hydrogen) atoms. The Bertz CT molecular complexity index is 870. The molecule has 3 aromatic rings. The first-order valence-electron chi connectivity index (χ1n) is 9.63. The van der Waals surface area contributed by atoms with Crippen LogP contribution in [0.2, 0.25) is 0 Å². The average Bonchev–Trinajstić information content (AvgIpc) is 3.10. The van der Waals surface area contributed by atoms with E-state index in [0.717, 1.165) is 61.4 Å². The first-order chi connectivity index (χ1) is 13.2. The summed E-state index contributed by atoms with van der Waals surface area (Å²) >= 11 is 0. The quantitative estimate of drug-likeness (QED) is 0.709. The molecule has 4 rings (SSSR count). The number of methoxy groups -OCH3 is 1.